The molecule has 1 heterocycles. The lowest BCUT2D eigenvalue weighted by Crippen LogP contribution is -2.37. The Morgan fingerprint density at radius 2 is 1.81 bits per heavy atom. The van der Waals surface area contributed by atoms with Crippen LogP contribution in [0.15, 0.2) is 58.4 Å². The van der Waals surface area contributed by atoms with Crippen molar-refractivity contribution in [3.63, 3.8) is 0 Å². The standard InChI is InChI=1S/C19H15ClF6N4O2/c1-3-11(9-27-16(31)19(24,25)26)8-14(10(2)20)15-28-17(32)30(29-15)13-6-4-12(5-7-13)18(21,22)23/h3-8H,1,9H2,2H3,(H,27,31)(H,28,29,32)/b11-8+,14-10-. The highest BCUT2D eigenvalue weighted by molar-refractivity contribution is 6.32. The quantitative estimate of drug-likeness (QED) is 0.477. The molecular weight excluding hydrogens is 466 g/mol. The first-order chi connectivity index (χ1) is 14.7. The Hall–Kier alpha value is -3.28. The molecule has 2 aromatic rings. The molecule has 2 rings (SSSR count). The van der Waals surface area contributed by atoms with E-state index in [1.54, 1.807) is 5.32 Å². The van der Waals surface area contributed by atoms with Crippen molar-refractivity contribution in [3.8, 4) is 5.69 Å². The van der Waals surface area contributed by atoms with Gasteiger partial charge in [-0.25, -0.2) is 4.79 Å². The fourth-order valence-electron chi connectivity index (χ4n) is 2.39. The van der Waals surface area contributed by atoms with Gasteiger partial charge in [0.2, 0.25) is 0 Å². The van der Waals surface area contributed by atoms with Crippen molar-refractivity contribution in [1.82, 2.24) is 20.1 Å². The lowest BCUT2D eigenvalue weighted by atomic mass is 10.1. The van der Waals surface area contributed by atoms with Crippen LogP contribution in [-0.4, -0.2) is 33.4 Å². The molecule has 0 spiro atoms. The predicted octanol–water partition coefficient (Wildman–Crippen LogP) is 4.34. The lowest BCUT2D eigenvalue weighted by molar-refractivity contribution is -0.173. The Bertz CT molecular complexity index is 1120. The van der Waals surface area contributed by atoms with Crippen molar-refractivity contribution >= 4 is 23.1 Å². The monoisotopic (exact) mass is 480 g/mol. The summed E-state index contributed by atoms with van der Waals surface area (Å²) in [4.78, 5) is 25.6. The third-order valence-electron chi connectivity index (χ3n) is 3.99. The molecule has 1 amide bonds. The van der Waals surface area contributed by atoms with E-state index in [2.05, 4.69) is 16.7 Å². The number of halogens is 7. The molecule has 0 radical (unpaired) electrons. The molecule has 172 valence electrons. The zero-order valence-corrected chi connectivity index (χ0v) is 17.0. The number of alkyl halides is 6. The van der Waals surface area contributed by atoms with Crippen LogP contribution >= 0.6 is 11.6 Å². The zero-order chi connectivity index (χ0) is 24.3. The number of carbonyl (C=O) groups is 1. The van der Waals surface area contributed by atoms with E-state index in [4.69, 9.17) is 11.6 Å². The summed E-state index contributed by atoms with van der Waals surface area (Å²) in [7, 11) is 0. The van der Waals surface area contributed by atoms with Crippen LogP contribution < -0.4 is 11.0 Å². The van der Waals surface area contributed by atoms with Crippen molar-refractivity contribution in [2.45, 2.75) is 19.3 Å². The van der Waals surface area contributed by atoms with Crippen LogP contribution in [0.1, 0.15) is 18.3 Å². The molecule has 0 aliphatic carbocycles. The molecule has 32 heavy (non-hydrogen) atoms. The van der Waals surface area contributed by atoms with Gasteiger partial charge in [-0.3, -0.25) is 9.78 Å². The molecule has 6 nitrogen and oxygen atoms in total. The van der Waals surface area contributed by atoms with E-state index in [1.165, 1.54) is 19.1 Å². The van der Waals surface area contributed by atoms with Gasteiger partial charge in [0.25, 0.3) is 0 Å². The first kappa shape index (κ1) is 25.0. The Morgan fingerprint density at radius 3 is 2.28 bits per heavy atom. The van der Waals surface area contributed by atoms with Gasteiger partial charge in [-0.1, -0.05) is 24.3 Å². The highest BCUT2D eigenvalue weighted by atomic mass is 35.5. The van der Waals surface area contributed by atoms with Crippen molar-refractivity contribution < 1.29 is 31.1 Å². The van der Waals surface area contributed by atoms with Gasteiger partial charge in [-0.05, 0) is 42.8 Å². The number of benzene rings is 1. The zero-order valence-electron chi connectivity index (χ0n) is 16.2. The highest BCUT2D eigenvalue weighted by Crippen LogP contribution is 2.29. The van der Waals surface area contributed by atoms with Gasteiger partial charge in [-0.15, -0.1) is 5.10 Å². The SMILES string of the molecule is C=C/C(=C\C(=C(/C)Cl)c1nn(-c2ccc(C(F)(F)F)cc2)c(=O)[nH]1)CNC(=O)C(F)(F)F. The van der Waals surface area contributed by atoms with Crippen LogP contribution in [0.2, 0.25) is 0 Å². The van der Waals surface area contributed by atoms with E-state index in [-0.39, 0.29) is 27.7 Å². The maximum atomic E-state index is 12.7. The summed E-state index contributed by atoms with van der Waals surface area (Å²) in [6.07, 6.45) is -7.21. The van der Waals surface area contributed by atoms with Crippen molar-refractivity contribution in [2.75, 3.05) is 6.54 Å². The van der Waals surface area contributed by atoms with E-state index in [9.17, 15) is 35.9 Å². The molecule has 0 saturated heterocycles. The average molecular weight is 481 g/mol. The largest absolute Gasteiger partial charge is 0.471 e. The van der Waals surface area contributed by atoms with Gasteiger partial charge in [0, 0.05) is 17.2 Å². The normalized spacial score (nSPS) is 13.6. The minimum absolute atomic E-state index is 0.0300. The second kappa shape index (κ2) is 9.47. The number of nitrogens with one attached hydrogen (secondary N) is 2. The van der Waals surface area contributed by atoms with Crippen LogP contribution in [0, 0.1) is 0 Å². The van der Waals surface area contributed by atoms with E-state index >= 15 is 0 Å². The lowest BCUT2D eigenvalue weighted by Gasteiger charge is -2.09. The minimum Gasteiger partial charge on any atom is -0.344 e. The summed E-state index contributed by atoms with van der Waals surface area (Å²) in [6, 6.07) is 3.64. The van der Waals surface area contributed by atoms with Crippen LogP contribution in [0.4, 0.5) is 26.3 Å². The molecule has 0 aliphatic rings. The molecule has 2 N–H and O–H groups in total. The summed E-state index contributed by atoms with van der Waals surface area (Å²) < 4.78 is 76.0. The fraction of sp³-hybridized carbons (Fsp3) is 0.211. The third-order valence-corrected chi connectivity index (χ3v) is 4.19. The maximum Gasteiger partial charge on any atom is 0.471 e. The van der Waals surface area contributed by atoms with E-state index < -0.39 is 36.1 Å². The van der Waals surface area contributed by atoms with Gasteiger partial charge in [0.05, 0.1) is 11.3 Å². The summed E-state index contributed by atoms with van der Waals surface area (Å²) in [5, 5.41) is 5.75. The summed E-state index contributed by atoms with van der Waals surface area (Å²) >= 11 is 6.03. The van der Waals surface area contributed by atoms with Gasteiger partial charge >= 0.3 is 23.9 Å². The van der Waals surface area contributed by atoms with Crippen LogP contribution in [0.3, 0.4) is 0 Å². The molecule has 0 bridgehead atoms. The average Bonchev–Trinajstić information content (AvgIpc) is 3.07. The number of nitrogens with zero attached hydrogens (tertiary/aromatic N) is 2. The number of hydrogen-bond donors (Lipinski definition) is 2. The number of hydrogen-bond acceptors (Lipinski definition) is 3. The first-order valence-electron chi connectivity index (χ1n) is 8.65. The molecular formula is C19H15ClF6N4O2. The molecule has 0 unspecified atom stereocenters. The van der Waals surface area contributed by atoms with Gasteiger partial charge in [0.1, 0.15) is 0 Å². The number of aromatic nitrogens is 3. The third kappa shape index (κ3) is 6.13. The molecule has 1 aromatic carbocycles. The number of amides is 1. The van der Waals surface area contributed by atoms with Crippen LogP contribution in [0.5, 0.6) is 0 Å². The second-order valence-electron chi connectivity index (χ2n) is 6.29. The highest BCUT2D eigenvalue weighted by Gasteiger charge is 2.38. The van der Waals surface area contributed by atoms with Crippen LogP contribution in [-0.2, 0) is 11.0 Å². The van der Waals surface area contributed by atoms with E-state index in [0.29, 0.717) is 0 Å². The van der Waals surface area contributed by atoms with E-state index in [0.717, 1.165) is 28.9 Å². The first-order valence-corrected chi connectivity index (χ1v) is 9.03. The van der Waals surface area contributed by atoms with Gasteiger partial charge < -0.3 is 5.32 Å². The molecule has 0 atom stereocenters. The molecule has 0 aliphatic heterocycles. The van der Waals surface area contributed by atoms with Gasteiger partial charge in [0.15, 0.2) is 5.82 Å². The maximum absolute atomic E-state index is 12.7. The van der Waals surface area contributed by atoms with Crippen LogP contribution in [0.25, 0.3) is 11.3 Å². The van der Waals surface area contributed by atoms with Crippen molar-refractivity contribution in [1.29, 1.82) is 0 Å². The minimum atomic E-state index is -5.07. The molecule has 0 saturated carbocycles. The number of allylic oxidation sites excluding steroid dienone is 3. The summed E-state index contributed by atoms with van der Waals surface area (Å²) in [5.74, 6) is -2.26. The predicted molar refractivity (Wildman–Crippen MR) is 105 cm³/mol. The summed E-state index contributed by atoms with van der Waals surface area (Å²) in [5.41, 5.74) is -1.48. The number of rotatable bonds is 6. The Morgan fingerprint density at radius 1 is 1.22 bits per heavy atom. The van der Waals surface area contributed by atoms with Gasteiger partial charge in [-0.2, -0.15) is 31.0 Å². The molecule has 1 aromatic heterocycles. The Kier molecular flexibility index (Phi) is 7.39. The number of aromatic amines is 1. The topological polar surface area (TPSA) is 79.8 Å². The number of H-pyrrole nitrogens is 1. The van der Waals surface area contributed by atoms with Crippen molar-refractivity contribution in [3.05, 3.63) is 75.5 Å². The Balaban J connectivity index is 2.37. The van der Waals surface area contributed by atoms with E-state index in [1.807, 2.05) is 0 Å². The second-order valence-corrected chi connectivity index (χ2v) is 6.85. The smallest absolute Gasteiger partial charge is 0.344 e. The Labute approximate surface area is 181 Å². The number of carbonyl (C=O) groups excluding carboxylic acids is 1. The molecule has 0 fully saturated rings. The molecule has 13 heteroatoms. The van der Waals surface area contributed by atoms with Crippen molar-refractivity contribution in [2.24, 2.45) is 0 Å². The fourth-order valence-corrected chi connectivity index (χ4v) is 2.54. The summed E-state index contributed by atoms with van der Waals surface area (Å²) in [6.45, 7) is 4.32.